The van der Waals surface area contributed by atoms with E-state index < -0.39 is 11.9 Å². The number of ether oxygens (including phenoxy) is 1. The smallest absolute Gasteiger partial charge is 0.308 e. The van der Waals surface area contributed by atoms with Crippen LogP contribution in [0.25, 0.3) is 10.9 Å². The molecule has 3 N–H and O–H groups in total. The van der Waals surface area contributed by atoms with E-state index >= 15 is 0 Å². The van der Waals surface area contributed by atoms with Crippen LogP contribution in [-0.2, 0) is 4.79 Å². The monoisotopic (exact) mass is 371 g/mol. The Bertz CT molecular complexity index is 1030. The molecule has 1 heterocycles. The van der Waals surface area contributed by atoms with Crippen LogP contribution >= 0.6 is 11.6 Å². The van der Waals surface area contributed by atoms with Crippen molar-refractivity contribution < 1.29 is 19.4 Å². The molecule has 1 aromatic heterocycles. The second kappa shape index (κ2) is 7.28. The first-order valence-electron chi connectivity index (χ1n) is 7.56. The summed E-state index contributed by atoms with van der Waals surface area (Å²) in [5.41, 5.74) is 4.06. The van der Waals surface area contributed by atoms with Crippen LogP contribution in [0.5, 0.6) is 11.5 Å². The third-order valence-electron chi connectivity index (χ3n) is 3.54. The highest BCUT2D eigenvalue weighted by Crippen LogP contribution is 2.28. The molecule has 0 aliphatic carbocycles. The Balaban J connectivity index is 1.82. The van der Waals surface area contributed by atoms with Gasteiger partial charge in [0.1, 0.15) is 5.75 Å². The third kappa shape index (κ3) is 3.68. The summed E-state index contributed by atoms with van der Waals surface area (Å²) in [7, 11) is 0. The molecule has 3 aromatic rings. The van der Waals surface area contributed by atoms with Gasteiger partial charge in [-0.2, -0.15) is 5.10 Å². The van der Waals surface area contributed by atoms with Crippen LogP contribution in [0, 0.1) is 0 Å². The van der Waals surface area contributed by atoms with Crippen molar-refractivity contribution in [3.05, 3.63) is 58.7 Å². The zero-order valence-corrected chi connectivity index (χ0v) is 14.4. The van der Waals surface area contributed by atoms with E-state index in [2.05, 4.69) is 15.5 Å². The number of aromatic hydroxyl groups is 1. The Morgan fingerprint density at radius 2 is 2.12 bits per heavy atom. The van der Waals surface area contributed by atoms with E-state index in [1.165, 1.54) is 31.3 Å². The fraction of sp³-hybridized carbons (Fsp3) is 0.0556. The minimum atomic E-state index is -0.482. The number of phenolic OH excluding ortho intramolecular Hbond substituents is 1. The van der Waals surface area contributed by atoms with Crippen molar-refractivity contribution in [2.45, 2.75) is 6.92 Å². The third-order valence-corrected chi connectivity index (χ3v) is 3.84. The van der Waals surface area contributed by atoms with Crippen LogP contribution in [-0.4, -0.2) is 28.2 Å². The molecular formula is C18H14ClN3O4. The number of carbonyl (C=O) groups excluding carboxylic acids is 2. The molecule has 0 atom stereocenters. The van der Waals surface area contributed by atoms with Crippen LogP contribution in [0.4, 0.5) is 0 Å². The van der Waals surface area contributed by atoms with Crippen molar-refractivity contribution in [3.8, 4) is 11.5 Å². The summed E-state index contributed by atoms with van der Waals surface area (Å²) < 4.78 is 5.17. The summed E-state index contributed by atoms with van der Waals surface area (Å²) in [6, 6.07) is 9.50. The van der Waals surface area contributed by atoms with Crippen LogP contribution < -0.4 is 10.2 Å². The summed E-state index contributed by atoms with van der Waals surface area (Å²) in [5, 5.41) is 14.1. The molecule has 0 aliphatic rings. The molecule has 0 unspecified atom stereocenters. The average molecular weight is 372 g/mol. The molecule has 0 radical (unpaired) electrons. The Morgan fingerprint density at radius 1 is 1.31 bits per heavy atom. The van der Waals surface area contributed by atoms with Crippen LogP contribution in [0.3, 0.4) is 0 Å². The van der Waals surface area contributed by atoms with Gasteiger partial charge in [0.2, 0.25) is 0 Å². The quantitative estimate of drug-likeness (QED) is 0.372. The minimum Gasteiger partial charge on any atom is -0.506 e. The number of aromatic amines is 1. The summed E-state index contributed by atoms with van der Waals surface area (Å²) in [4.78, 5) is 26.3. The highest BCUT2D eigenvalue weighted by Gasteiger charge is 2.11. The minimum absolute atomic E-state index is 0.0738. The lowest BCUT2D eigenvalue weighted by molar-refractivity contribution is -0.131. The number of halogens is 1. The van der Waals surface area contributed by atoms with Gasteiger partial charge in [-0.1, -0.05) is 23.7 Å². The first kappa shape index (κ1) is 17.5. The Kier molecular flexibility index (Phi) is 4.90. The molecule has 26 heavy (non-hydrogen) atoms. The number of nitrogens with zero attached hydrogens (tertiary/aromatic N) is 1. The maximum absolute atomic E-state index is 12.1. The summed E-state index contributed by atoms with van der Waals surface area (Å²) in [6.07, 6.45) is 3.03. The molecule has 0 saturated carbocycles. The van der Waals surface area contributed by atoms with E-state index in [0.717, 1.165) is 5.52 Å². The second-order valence-electron chi connectivity index (χ2n) is 5.38. The largest absolute Gasteiger partial charge is 0.506 e. The molecule has 3 rings (SSSR count). The molecule has 0 aliphatic heterocycles. The molecule has 7 nitrogen and oxygen atoms in total. The predicted octanol–water partition coefficient (Wildman–Crippen LogP) is 3.22. The van der Waals surface area contributed by atoms with Gasteiger partial charge in [-0.25, -0.2) is 5.43 Å². The number of fused-ring (bicyclic) bond motifs is 1. The van der Waals surface area contributed by atoms with Gasteiger partial charge in [0.05, 0.1) is 16.6 Å². The van der Waals surface area contributed by atoms with E-state index in [-0.39, 0.29) is 16.3 Å². The number of carbonyl (C=O) groups is 2. The van der Waals surface area contributed by atoms with Crippen molar-refractivity contribution >= 4 is 40.6 Å². The molecular weight excluding hydrogens is 358 g/mol. The van der Waals surface area contributed by atoms with E-state index in [1.807, 2.05) is 6.07 Å². The topological polar surface area (TPSA) is 104 Å². The fourth-order valence-corrected chi connectivity index (χ4v) is 2.58. The van der Waals surface area contributed by atoms with Gasteiger partial charge in [0.15, 0.2) is 5.75 Å². The Labute approximate surface area is 153 Å². The normalized spacial score (nSPS) is 11.0. The van der Waals surface area contributed by atoms with Gasteiger partial charge in [-0.15, -0.1) is 0 Å². The first-order valence-corrected chi connectivity index (χ1v) is 7.94. The number of hydrogen-bond donors (Lipinski definition) is 3. The lowest BCUT2D eigenvalue weighted by atomic mass is 10.1. The number of nitrogens with one attached hydrogen (secondary N) is 2. The average Bonchev–Trinajstić information content (AvgIpc) is 3.00. The highest BCUT2D eigenvalue weighted by atomic mass is 35.5. The molecule has 132 valence electrons. The summed E-state index contributed by atoms with van der Waals surface area (Å²) in [5.74, 6) is -0.644. The fourth-order valence-electron chi connectivity index (χ4n) is 2.40. The number of phenols is 1. The van der Waals surface area contributed by atoms with E-state index in [9.17, 15) is 14.7 Å². The SMILES string of the molecule is CC(=O)Oc1c[nH]c2cccc(C=NNC(=O)c3ccc(O)c(Cl)c3)c12. The van der Waals surface area contributed by atoms with Gasteiger partial charge in [-0.05, 0) is 24.3 Å². The van der Waals surface area contributed by atoms with E-state index in [0.29, 0.717) is 16.7 Å². The van der Waals surface area contributed by atoms with Crippen molar-refractivity contribution in [1.82, 2.24) is 10.4 Å². The molecule has 2 aromatic carbocycles. The van der Waals surface area contributed by atoms with E-state index in [1.54, 1.807) is 18.3 Å². The van der Waals surface area contributed by atoms with Gasteiger partial charge < -0.3 is 14.8 Å². The first-order chi connectivity index (χ1) is 12.5. The summed E-state index contributed by atoms with van der Waals surface area (Å²) in [6.45, 7) is 1.32. The molecule has 0 spiro atoms. The number of H-pyrrole nitrogens is 1. The number of hydrogen-bond acceptors (Lipinski definition) is 5. The summed E-state index contributed by atoms with van der Waals surface area (Å²) >= 11 is 5.79. The van der Waals surface area contributed by atoms with Crippen LogP contribution in [0.2, 0.25) is 5.02 Å². The van der Waals surface area contributed by atoms with Gasteiger partial charge in [0, 0.05) is 29.8 Å². The maximum atomic E-state index is 12.1. The van der Waals surface area contributed by atoms with Crippen molar-refractivity contribution in [2.24, 2.45) is 5.10 Å². The maximum Gasteiger partial charge on any atom is 0.308 e. The van der Waals surface area contributed by atoms with Crippen LogP contribution in [0.1, 0.15) is 22.8 Å². The standard InChI is InChI=1S/C18H14ClN3O4/c1-10(23)26-16-9-20-14-4-2-3-12(17(14)16)8-21-22-18(25)11-5-6-15(24)13(19)7-11/h2-9,20,24H,1H3,(H,22,25). The van der Waals surface area contributed by atoms with Crippen molar-refractivity contribution in [3.63, 3.8) is 0 Å². The van der Waals surface area contributed by atoms with Gasteiger partial charge in [-0.3, -0.25) is 9.59 Å². The van der Waals surface area contributed by atoms with Crippen LogP contribution in [0.15, 0.2) is 47.7 Å². The Hall–Kier alpha value is -3.32. The molecule has 0 saturated heterocycles. The van der Waals surface area contributed by atoms with Crippen molar-refractivity contribution in [2.75, 3.05) is 0 Å². The number of amides is 1. The molecule has 0 fully saturated rings. The van der Waals surface area contributed by atoms with Crippen molar-refractivity contribution in [1.29, 1.82) is 0 Å². The molecule has 0 bridgehead atoms. The van der Waals surface area contributed by atoms with Gasteiger partial charge >= 0.3 is 5.97 Å². The zero-order valence-electron chi connectivity index (χ0n) is 13.6. The molecule has 8 heteroatoms. The lowest BCUT2D eigenvalue weighted by Gasteiger charge is -2.03. The number of rotatable bonds is 4. The predicted molar refractivity (Wildman–Crippen MR) is 97.8 cm³/mol. The number of esters is 1. The molecule has 1 amide bonds. The Morgan fingerprint density at radius 3 is 2.85 bits per heavy atom. The zero-order chi connectivity index (χ0) is 18.7. The highest BCUT2D eigenvalue weighted by molar-refractivity contribution is 6.32. The van der Waals surface area contributed by atoms with E-state index in [4.69, 9.17) is 16.3 Å². The number of benzene rings is 2. The lowest BCUT2D eigenvalue weighted by Crippen LogP contribution is -2.17. The second-order valence-corrected chi connectivity index (χ2v) is 5.79. The van der Waals surface area contributed by atoms with Gasteiger partial charge in [0.25, 0.3) is 5.91 Å². The number of hydrazone groups is 1. The number of aromatic nitrogens is 1.